The lowest BCUT2D eigenvalue weighted by atomic mass is 10.0. The number of rotatable bonds is 5. The number of amides is 1. The minimum absolute atomic E-state index is 0.0524. The lowest BCUT2D eigenvalue weighted by Crippen LogP contribution is -2.49. The van der Waals surface area contributed by atoms with Gasteiger partial charge in [0.05, 0.1) is 17.8 Å². The number of anilines is 2. The third-order valence-corrected chi connectivity index (χ3v) is 6.49. The highest BCUT2D eigenvalue weighted by Gasteiger charge is 2.37. The summed E-state index contributed by atoms with van der Waals surface area (Å²) in [6.07, 6.45) is -1.09. The number of aromatic nitrogens is 2. The first kappa shape index (κ1) is 23.4. The molecular formula is C24H25F4N5O2. The molecule has 0 radical (unpaired) electrons. The number of alkyl halides is 3. The fraction of sp³-hybridized carbons (Fsp3) is 0.458. The van der Waals surface area contributed by atoms with Crippen LogP contribution in [0.25, 0.3) is 0 Å². The summed E-state index contributed by atoms with van der Waals surface area (Å²) in [4.78, 5) is 26.5. The smallest absolute Gasteiger partial charge is 0.418 e. The number of piperazine rings is 1. The maximum absolute atomic E-state index is 13.6. The van der Waals surface area contributed by atoms with E-state index >= 15 is 0 Å². The van der Waals surface area contributed by atoms with Gasteiger partial charge in [0, 0.05) is 44.0 Å². The van der Waals surface area contributed by atoms with Crippen LogP contribution in [0.3, 0.4) is 0 Å². The molecule has 2 fully saturated rings. The van der Waals surface area contributed by atoms with Gasteiger partial charge < -0.3 is 19.4 Å². The Morgan fingerprint density at radius 3 is 2.49 bits per heavy atom. The normalized spacial score (nSPS) is 18.3. The van der Waals surface area contributed by atoms with E-state index in [0.717, 1.165) is 24.5 Å². The van der Waals surface area contributed by atoms with Gasteiger partial charge in [-0.15, -0.1) is 0 Å². The van der Waals surface area contributed by atoms with Crippen molar-refractivity contribution >= 4 is 17.4 Å². The first-order valence-electron chi connectivity index (χ1n) is 11.6. The van der Waals surface area contributed by atoms with Crippen molar-refractivity contribution in [3.63, 3.8) is 0 Å². The van der Waals surface area contributed by atoms with E-state index in [1.807, 2.05) is 0 Å². The zero-order valence-corrected chi connectivity index (χ0v) is 19.0. The summed E-state index contributed by atoms with van der Waals surface area (Å²) in [5.41, 5.74) is 0.376. The molecule has 1 aromatic heterocycles. The van der Waals surface area contributed by atoms with Crippen molar-refractivity contribution in [2.24, 2.45) is 0 Å². The SMILES string of the molecule is C=CC(=O)N1CCN(c2nc(OC3CC3)nc3c2CCN(c2ccc(F)cc2C(F)(F)F)C3)CC1. The molecule has 0 unspecified atom stereocenters. The van der Waals surface area contributed by atoms with E-state index in [4.69, 9.17) is 4.74 Å². The number of carbonyl (C=O) groups excluding carboxylic acids is 1. The summed E-state index contributed by atoms with van der Waals surface area (Å²) >= 11 is 0. The second-order valence-corrected chi connectivity index (χ2v) is 8.92. The van der Waals surface area contributed by atoms with Gasteiger partial charge in [-0.25, -0.2) is 4.39 Å². The molecule has 11 heteroatoms. The van der Waals surface area contributed by atoms with E-state index in [0.29, 0.717) is 56.7 Å². The van der Waals surface area contributed by atoms with Crippen LogP contribution in [0.2, 0.25) is 0 Å². The molecule has 0 spiro atoms. The van der Waals surface area contributed by atoms with Gasteiger partial charge in [-0.2, -0.15) is 23.1 Å². The van der Waals surface area contributed by atoms with Gasteiger partial charge >= 0.3 is 12.2 Å². The van der Waals surface area contributed by atoms with Gasteiger partial charge in [0.1, 0.15) is 17.7 Å². The number of carbonyl (C=O) groups is 1. The molecule has 0 bridgehead atoms. The molecule has 0 atom stereocenters. The first-order chi connectivity index (χ1) is 16.7. The monoisotopic (exact) mass is 491 g/mol. The lowest BCUT2D eigenvalue weighted by molar-refractivity contribution is -0.137. The molecule has 1 saturated carbocycles. The predicted molar refractivity (Wildman–Crippen MR) is 121 cm³/mol. The number of ether oxygens (including phenoxy) is 1. The van der Waals surface area contributed by atoms with Crippen LogP contribution in [0.1, 0.15) is 29.7 Å². The molecule has 2 aliphatic heterocycles. The summed E-state index contributed by atoms with van der Waals surface area (Å²) in [6.45, 7) is 6.11. The molecule has 3 heterocycles. The largest absolute Gasteiger partial charge is 0.460 e. The molecule has 3 aliphatic rings. The average Bonchev–Trinajstić information content (AvgIpc) is 3.66. The number of fused-ring (bicyclic) bond motifs is 1. The number of halogens is 4. The topological polar surface area (TPSA) is 61.8 Å². The predicted octanol–water partition coefficient (Wildman–Crippen LogP) is 3.57. The molecule has 5 rings (SSSR count). The summed E-state index contributed by atoms with van der Waals surface area (Å²) in [7, 11) is 0. The quantitative estimate of drug-likeness (QED) is 0.471. The fourth-order valence-corrected chi connectivity index (χ4v) is 4.52. The van der Waals surface area contributed by atoms with Crippen molar-refractivity contribution in [3.8, 4) is 6.01 Å². The van der Waals surface area contributed by atoms with Crippen molar-refractivity contribution in [1.82, 2.24) is 14.9 Å². The molecule has 1 amide bonds. The van der Waals surface area contributed by atoms with Crippen LogP contribution in [0.15, 0.2) is 30.9 Å². The molecule has 1 saturated heterocycles. The number of benzene rings is 1. The third kappa shape index (κ3) is 4.89. The molecular weight excluding hydrogens is 466 g/mol. The van der Waals surface area contributed by atoms with Crippen molar-refractivity contribution in [2.45, 2.75) is 38.1 Å². The summed E-state index contributed by atoms with van der Waals surface area (Å²) < 4.78 is 60.4. The minimum Gasteiger partial charge on any atom is -0.460 e. The molecule has 1 aliphatic carbocycles. The number of hydrogen-bond acceptors (Lipinski definition) is 6. The van der Waals surface area contributed by atoms with Gasteiger partial charge in [0.2, 0.25) is 5.91 Å². The van der Waals surface area contributed by atoms with E-state index < -0.39 is 17.6 Å². The maximum atomic E-state index is 13.6. The third-order valence-electron chi connectivity index (χ3n) is 6.49. The van der Waals surface area contributed by atoms with Crippen LogP contribution in [0, 0.1) is 5.82 Å². The van der Waals surface area contributed by atoms with Crippen LogP contribution < -0.4 is 14.5 Å². The van der Waals surface area contributed by atoms with Crippen LogP contribution in [-0.4, -0.2) is 59.6 Å². The second kappa shape index (κ2) is 9.01. The van der Waals surface area contributed by atoms with E-state index in [1.54, 1.807) is 9.80 Å². The summed E-state index contributed by atoms with van der Waals surface area (Å²) in [5.74, 6) is -0.356. The number of hydrogen-bond donors (Lipinski definition) is 0. The average molecular weight is 491 g/mol. The Bertz CT molecular complexity index is 1140. The Morgan fingerprint density at radius 2 is 1.83 bits per heavy atom. The Balaban J connectivity index is 1.45. The van der Waals surface area contributed by atoms with Gasteiger partial charge in [-0.3, -0.25) is 4.79 Å². The molecule has 35 heavy (non-hydrogen) atoms. The molecule has 2 aromatic rings. The van der Waals surface area contributed by atoms with Crippen LogP contribution in [0.5, 0.6) is 6.01 Å². The fourth-order valence-electron chi connectivity index (χ4n) is 4.52. The van der Waals surface area contributed by atoms with Gasteiger partial charge in [-0.1, -0.05) is 6.58 Å². The zero-order valence-electron chi connectivity index (χ0n) is 19.0. The Morgan fingerprint density at radius 1 is 1.09 bits per heavy atom. The first-order valence-corrected chi connectivity index (χ1v) is 11.6. The van der Waals surface area contributed by atoms with Gasteiger partial charge in [-0.05, 0) is 43.5 Å². The van der Waals surface area contributed by atoms with Crippen LogP contribution >= 0.6 is 0 Å². The molecule has 0 N–H and O–H groups in total. The second-order valence-electron chi connectivity index (χ2n) is 8.92. The van der Waals surface area contributed by atoms with Crippen LogP contribution in [0.4, 0.5) is 29.1 Å². The van der Waals surface area contributed by atoms with Crippen LogP contribution in [-0.2, 0) is 23.9 Å². The highest BCUT2D eigenvalue weighted by atomic mass is 19.4. The Labute approximate surface area is 200 Å². The number of nitrogens with zero attached hydrogens (tertiary/aromatic N) is 5. The molecule has 186 valence electrons. The highest BCUT2D eigenvalue weighted by Crippen LogP contribution is 2.40. The van der Waals surface area contributed by atoms with Crippen molar-refractivity contribution in [2.75, 3.05) is 42.5 Å². The van der Waals surface area contributed by atoms with E-state index in [1.165, 1.54) is 12.1 Å². The Kier molecular flexibility index (Phi) is 6.02. The summed E-state index contributed by atoms with van der Waals surface area (Å²) in [6, 6.07) is 2.95. The summed E-state index contributed by atoms with van der Waals surface area (Å²) in [5, 5.41) is 0. The van der Waals surface area contributed by atoms with Gasteiger partial charge in [0.25, 0.3) is 0 Å². The van der Waals surface area contributed by atoms with Crippen molar-refractivity contribution in [3.05, 3.63) is 53.5 Å². The standard InChI is InChI=1S/C24H25F4N5O2/c1-2-21(34)31-9-11-32(12-10-31)22-17-7-8-33(14-19(17)29-23(30-22)35-16-4-5-16)20-6-3-15(25)13-18(20)24(26,27)28/h2-3,6,13,16H,1,4-5,7-12,14H2. The minimum atomic E-state index is -4.68. The lowest BCUT2D eigenvalue weighted by Gasteiger charge is -2.38. The highest BCUT2D eigenvalue weighted by molar-refractivity contribution is 5.87. The molecule has 7 nitrogen and oxygen atoms in total. The zero-order chi connectivity index (χ0) is 24.7. The maximum Gasteiger partial charge on any atom is 0.418 e. The van der Waals surface area contributed by atoms with E-state index in [-0.39, 0.29) is 30.3 Å². The Hall–Kier alpha value is -3.37. The van der Waals surface area contributed by atoms with Crippen molar-refractivity contribution < 1.29 is 27.1 Å². The van der Waals surface area contributed by atoms with Gasteiger partial charge in [0.15, 0.2) is 0 Å². The van der Waals surface area contributed by atoms with Crippen molar-refractivity contribution in [1.29, 1.82) is 0 Å². The molecule has 1 aromatic carbocycles. The van der Waals surface area contributed by atoms with E-state index in [9.17, 15) is 22.4 Å². The van der Waals surface area contributed by atoms with E-state index in [2.05, 4.69) is 21.4 Å².